The van der Waals surface area contributed by atoms with Crippen LogP contribution in [0.1, 0.15) is 46.6 Å². The van der Waals surface area contributed by atoms with Gasteiger partial charge in [0.1, 0.15) is 5.82 Å². The largest absolute Gasteiger partial charge is 0.384 e. The molecular weight excluding hydrogens is 522 g/mol. The third-order valence-electron chi connectivity index (χ3n) is 7.67. The number of rotatable bonds is 4. The average molecular weight is 560 g/mol. The Kier molecular flexibility index (Phi) is 8.76. The molecule has 2 bridgehead atoms. The molecule has 5 rings (SSSR count). The van der Waals surface area contributed by atoms with Crippen LogP contribution < -0.4 is 21.3 Å². The zero-order valence-corrected chi connectivity index (χ0v) is 23.4. The lowest BCUT2D eigenvalue weighted by Crippen LogP contribution is -2.46. The normalized spacial score (nSPS) is 19.0. The summed E-state index contributed by atoms with van der Waals surface area (Å²) in [5.74, 6) is 0.236. The molecule has 0 radical (unpaired) electrons. The van der Waals surface area contributed by atoms with Crippen molar-refractivity contribution in [2.24, 2.45) is 7.05 Å². The van der Waals surface area contributed by atoms with Gasteiger partial charge in [-0.2, -0.15) is 10.1 Å². The Balaban J connectivity index is 1.38. The van der Waals surface area contributed by atoms with Crippen LogP contribution in [0, 0.1) is 0 Å². The maximum Gasteiger partial charge on any atom is 0.272 e. The molecule has 216 valence electrons. The zero-order chi connectivity index (χ0) is 28.8. The Hall–Kier alpha value is -4.48. The summed E-state index contributed by atoms with van der Waals surface area (Å²) < 4.78 is 1.76. The van der Waals surface area contributed by atoms with Crippen molar-refractivity contribution in [3.8, 4) is 0 Å². The number of anilines is 2. The van der Waals surface area contributed by atoms with Crippen molar-refractivity contribution in [2.75, 3.05) is 43.4 Å². The van der Waals surface area contributed by atoms with E-state index in [9.17, 15) is 14.4 Å². The average Bonchev–Trinajstić information content (AvgIpc) is 3.29. The maximum absolute atomic E-state index is 13.4. The molecule has 1 aromatic carbocycles. The highest BCUT2D eigenvalue weighted by atomic mass is 16.2. The molecule has 41 heavy (non-hydrogen) atoms. The van der Waals surface area contributed by atoms with E-state index in [1.807, 2.05) is 42.3 Å². The first-order valence-corrected chi connectivity index (χ1v) is 14.1. The Morgan fingerprint density at radius 1 is 1.07 bits per heavy atom. The Morgan fingerprint density at radius 2 is 1.90 bits per heavy atom. The highest BCUT2D eigenvalue weighted by molar-refractivity contribution is 5.94. The number of nitrogen functional groups attached to an aromatic ring is 1. The number of fused-ring (bicyclic) bond motifs is 1. The minimum atomic E-state index is -0.256. The van der Waals surface area contributed by atoms with Crippen LogP contribution in [0.25, 0.3) is 0 Å². The van der Waals surface area contributed by atoms with Crippen molar-refractivity contribution in [2.45, 2.75) is 44.6 Å². The van der Waals surface area contributed by atoms with E-state index in [0.29, 0.717) is 69.3 Å². The van der Waals surface area contributed by atoms with Crippen molar-refractivity contribution in [3.63, 3.8) is 0 Å². The van der Waals surface area contributed by atoms with Crippen LogP contribution >= 0.6 is 0 Å². The summed E-state index contributed by atoms with van der Waals surface area (Å²) in [5, 5.41) is 10.6. The number of carbonyl (C=O) groups excluding carboxylic acids is 3. The van der Waals surface area contributed by atoms with Crippen LogP contribution in [0.2, 0.25) is 0 Å². The van der Waals surface area contributed by atoms with Crippen LogP contribution in [-0.4, -0.2) is 81.1 Å². The van der Waals surface area contributed by atoms with Gasteiger partial charge in [-0.3, -0.25) is 19.1 Å². The second-order valence-electron chi connectivity index (χ2n) is 10.6. The number of aromatic nitrogens is 4. The lowest BCUT2D eigenvalue weighted by molar-refractivity contribution is -0.136. The lowest BCUT2D eigenvalue weighted by Gasteiger charge is -2.27. The minimum absolute atomic E-state index is 0.0164. The number of benzene rings is 1. The van der Waals surface area contributed by atoms with E-state index in [0.717, 1.165) is 23.2 Å². The van der Waals surface area contributed by atoms with Crippen LogP contribution in [0.4, 0.5) is 11.8 Å². The molecule has 12 nitrogen and oxygen atoms in total. The van der Waals surface area contributed by atoms with Gasteiger partial charge in [0.05, 0.1) is 6.54 Å². The van der Waals surface area contributed by atoms with E-state index in [4.69, 9.17) is 5.73 Å². The van der Waals surface area contributed by atoms with E-state index < -0.39 is 0 Å². The van der Waals surface area contributed by atoms with Crippen molar-refractivity contribution in [3.05, 3.63) is 65.1 Å². The zero-order valence-electron chi connectivity index (χ0n) is 23.4. The molecule has 12 heteroatoms. The molecule has 3 aromatic rings. The second-order valence-corrected chi connectivity index (χ2v) is 10.6. The predicted octanol–water partition coefficient (Wildman–Crippen LogP) is 0.867. The molecule has 3 amide bonds. The fraction of sp³-hybridized carbons (Fsp3) is 0.448. The lowest BCUT2D eigenvalue weighted by atomic mass is 9.91. The third kappa shape index (κ3) is 7.00. The molecule has 0 fully saturated rings. The third-order valence-corrected chi connectivity index (χ3v) is 7.67. The van der Waals surface area contributed by atoms with Gasteiger partial charge in [0.15, 0.2) is 5.69 Å². The smallest absolute Gasteiger partial charge is 0.272 e. The molecule has 4 N–H and O–H groups in total. The molecular formula is C29H37N9O3. The summed E-state index contributed by atoms with van der Waals surface area (Å²) in [4.78, 5) is 52.1. The summed E-state index contributed by atoms with van der Waals surface area (Å²) in [6.45, 7) is 1.67. The van der Waals surface area contributed by atoms with E-state index in [-0.39, 0.29) is 36.7 Å². The molecule has 2 aromatic heterocycles. The molecule has 0 saturated heterocycles. The van der Waals surface area contributed by atoms with Gasteiger partial charge in [-0.15, -0.1) is 0 Å². The fourth-order valence-corrected chi connectivity index (χ4v) is 5.54. The standard InChI is InChI=1S/C29H37N9O3/c1-36-23-10-9-21-18-22(23)27(35-36)28(41)31-14-17-37(29-32-13-11-24(30)34-29)15-5-8-26(40)38(19-25(39)33-21)16-12-20-6-3-2-4-7-20/h2-4,6-7,11,13,21H,5,8-10,12,14-19H2,1H3,(H,31,41)(H,33,39)(H2,30,32,34). The van der Waals surface area contributed by atoms with Gasteiger partial charge in [-0.1, -0.05) is 30.3 Å². The first-order chi connectivity index (χ1) is 19.9. The Morgan fingerprint density at radius 3 is 2.71 bits per heavy atom. The van der Waals surface area contributed by atoms with Crippen LogP contribution in [-0.2, 0) is 35.9 Å². The second kappa shape index (κ2) is 12.8. The summed E-state index contributed by atoms with van der Waals surface area (Å²) >= 11 is 0. The van der Waals surface area contributed by atoms with E-state index in [1.54, 1.807) is 21.8 Å². The molecule has 1 unspecified atom stereocenters. The summed E-state index contributed by atoms with van der Waals surface area (Å²) in [7, 11) is 1.84. The van der Waals surface area contributed by atoms with E-state index >= 15 is 0 Å². The van der Waals surface area contributed by atoms with Crippen molar-refractivity contribution < 1.29 is 14.4 Å². The number of carbonyl (C=O) groups is 3. The van der Waals surface area contributed by atoms with Crippen LogP contribution in [0.15, 0.2) is 42.6 Å². The van der Waals surface area contributed by atoms with Gasteiger partial charge in [0, 0.05) is 63.1 Å². The molecule has 3 heterocycles. The van der Waals surface area contributed by atoms with Gasteiger partial charge in [0.2, 0.25) is 17.8 Å². The molecule has 1 aliphatic carbocycles. The predicted molar refractivity (Wildman–Crippen MR) is 154 cm³/mol. The summed E-state index contributed by atoms with van der Waals surface area (Å²) in [6.07, 6.45) is 4.98. The van der Waals surface area contributed by atoms with E-state index in [1.165, 1.54) is 0 Å². The monoisotopic (exact) mass is 559 g/mol. The highest BCUT2D eigenvalue weighted by Gasteiger charge is 2.30. The quantitative estimate of drug-likeness (QED) is 0.426. The molecule has 1 atom stereocenters. The van der Waals surface area contributed by atoms with Crippen LogP contribution in [0.3, 0.4) is 0 Å². The number of amides is 3. The first kappa shape index (κ1) is 28.1. The van der Waals surface area contributed by atoms with Crippen molar-refractivity contribution >= 4 is 29.5 Å². The van der Waals surface area contributed by atoms with Gasteiger partial charge < -0.3 is 26.2 Å². The van der Waals surface area contributed by atoms with E-state index in [2.05, 4.69) is 25.7 Å². The molecule has 1 aliphatic heterocycles. The number of hydrogen-bond acceptors (Lipinski definition) is 8. The summed E-state index contributed by atoms with van der Waals surface area (Å²) in [5.41, 5.74) is 9.27. The van der Waals surface area contributed by atoms with Gasteiger partial charge in [0.25, 0.3) is 5.91 Å². The summed E-state index contributed by atoms with van der Waals surface area (Å²) in [6, 6.07) is 11.4. The van der Waals surface area contributed by atoms with Crippen molar-refractivity contribution in [1.82, 2.24) is 35.3 Å². The van der Waals surface area contributed by atoms with Gasteiger partial charge in [-0.05, 0) is 43.7 Å². The first-order valence-electron chi connectivity index (χ1n) is 14.1. The molecule has 0 saturated carbocycles. The molecule has 2 aliphatic rings. The van der Waals surface area contributed by atoms with Crippen LogP contribution in [0.5, 0.6) is 0 Å². The fourth-order valence-electron chi connectivity index (χ4n) is 5.54. The Labute approximate surface area is 239 Å². The minimum Gasteiger partial charge on any atom is -0.384 e. The number of nitrogens with zero attached hydrogens (tertiary/aromatic N) is 6. The maximum atomic E-state index is 13.4. The SMILES string of the molecule is Cn1nc2c3c1CCC(C3)NC(=O)CN(CCc1ccccc1)C(=O)CCCN(c1nccc(N)n1)CCNC2=O. The topological polar surface area (TPSA) is 151 Å². The highest BCUT2D eigenvalue weighted by Crippen LogP contribution is 2.24. The number of hydrogen-bond donors (Lipinski definition) is 3. The number of aryl methyl sites for hydroxylation is 1. The Bertz CT molecular complexity index is 1390. The van der Waals surface area contributed by atoms with Gasteiger partial charge >= 0.3 is 0 Å². The number of nitrogens with one attached hydrogen (secondary N) is 2. The van der Waals surface area contributed by atoms with Crippen molar-refractivity contribution in [1.29, 1.82) is 0 Å². The van der Waals surface area contributed by atoms with Gasteiger partial charge in [-0.25, -0.2) is 4.98 Å². The molecule has 0 spiro atoms. The number of nitrogens with two attached hydrogens (primary N) is 1.